The summed E-state index contributed by atoms with van der Waals surface area (Å²) in [6.45, 7) is 9.72. The first kappa shape index (κ1) is 12.0. The van der Waals surface area contributed by atoms with Crippen molar-refractivity contribution in [2.45, 2.75) is 41.0 Å². The molecule has 0 radical (unpaired) electrons. The van der Waals surface area contributed by atoms with Gasteiger partial charge in [0.15, 0.2) is 5.78 Å². The average molecular weight is 208 g/mol. The SMILES string of the molecule is CC1(C)C=C(C(=O)C(C)(C)C)C(O)=CC1. The van der Waals surface area contributed by atoms with Gasteiger partial charge in [-0.1, -0.05) is 40.7 Å². The van der Waals surface area contributed by atoms with Gasteiger partial charge in [0.05, 0.1) is 5.57 Å². The van der Waals surface area contributed by atoms with Crippen LogP contribution in [0.15, 0.2) is 23.5 Å². The lowest BCUT2D eigenvalue weighted by Gasteiger charge is -2.27. The van der Waals surface area contributed by atoms with Crippen LogP contribution in [0.25, 0.3) is 0 Å². The first-order valence-corrected chi connectivity index (χ1v) is 5.31. The Morgan fingerprint density at radius 3 is 2.40 bits per heavy atom. The van der Waals surface area contributed by atoms with Gasteiger partial charge in [0.1, 0.15) is 5.76 Å². The van der Waals surface area contributed by atoms with Gasteiger partial charge in [0, 0.05) is 5.41 Å². The van der Waals surface area contributed by atoms with Crippen molar-refractivity contribution in [3.63, 3.8) is 0 Å². The molecular weight excluding hydrogens is 188 g/mol. The van der Waals surface area contributed by atoms with E-state index in [9.17, 15) is 9.90 Å². The topological polar surface area (TPSA) is 37.3 Å². The number of rotatable bonds is 1. The maximum Gasteiger partial charge on any atom is 0.171 e. The molecule has 0 amide bonds. The maximum absolute atomic E-state index is 12.0. The lowest BCUT2D eigenvalue weighted by Crippen LogP contribution is -2.26. The molecule has 1 aliphatic rings. The summed E-state index contributed by atoms with van der Waals surface area (Å²) in [5.74, 6) is 0.137. The summed E-state index contributed by atoms with van der Waals surface area (Å²) in [7, 11) is 0. The third kappa shape index (κ3) is 2.71. The number of hydrogen-bond acceptors (Lipinski definition) is 2. The standard InChI is InChI=1S/C13H20O2/c1-12(2,3)11(15)9-8-13(4,5)7-6-10(9)14/h6,8,14H,7H2,1-5H3. The van der Waals surface area contributed by atoms with Crippen LogP contribution in [0.4, 0.5) is 0 Å². The number of carbonyl (C=O) groups excluding carboxylic acids is 1. The van der Waals surface area contributed by atoms with Crippen molar-refractivity contribution in [1.82, 2.24) is 0 Å². The Morgan fingerprint density at radius 2 is 1.93 bits per heavy atom. The third-order valence-electron chi connectivity index (χ3n) is 2.56. The first-order chi connectivity index (χ1) is 6.63. The summed E-state index contributed by atoms with van der Waals surface area (Å²) in [5.41, 5.74) is -0.0115. The van der Waals surface area contributed by atoms with Gasteiger partial charge in [-0.05, 0) is 17.9 Å². The van der Waals surface area contributed by atoms with Crippen molar-refractivity contribution in [3.05, 3.63) is 23.5 Å². The van der Waals surface area contributed by atoms with E-state index in [1.165, 1.54) is 0 Å². The summed E-state index contributed by atoms with van der Waals surface area (Å²) in [5, 5.41) is 9.71. The van der Waals surface area contributed by atoms with E-state index in [0.29, 0.717) is 5.57 Å². The Labute approximate surface area is 91.7 Å². The molecule has 2 heteroatoms. The predicted molar refractivity (Wildman–Crippen MR) is 61.7 cm³/mol. The summed E-state index contributed by atoms with van der Waals surface area (Å²) in [6.07, 6.45) is 4.40. The zero-order valence-corrected chi connectivity index (χ0v) is 10.2. The van der Waals surface area contributed by atoms with E-state index < -0.39 is 5.41 Å². The number of ketones is 1. The third-order valence-corrected chi connectivity index (χ3v) is 2.56. The van der Waals surface area contributed by atoms with Crippen LogP contribution in [0.3, 0.4) is 0 Å². The van der Waals surface area contributed by atoms with Gasteiger partial charge >= 0.3 is 0 Å². The van der Waals surface area contributed by atoms with E-state index in [4.69, 9.17) is 0 Å². The van der Waals surface area contributed by atoms with Crippen LogP contribution >= 0.6 is 0 Å². The number of hydrogen-bond donors (Lipinski definition) is 1. The zero-order valence-electron chi connectivity index (χ0n) is 10.2. The molecule has 0 bridgehead atoms. The van der Waals surface area contributed by atoms with Crippen LogP contribution < -0.4 is 0 Å². The molecule has 0 saturated heterocycles. The largest absolute Gasteiger partial charge is 0.508 e. The summed E-state index contributed by atoms with van der Waals surface area (Å²) in [4.78, 5) is 12.0. The molecule has 0 aromatic rings. The van der Waals surface area contributed by atoms with Crippen molar-refractivity contribution in [2.24, 2.45) is 10.8 Å². The molecular formula is C13H20O2. The predicted octanol–water partition coefficient (Wildman–Crippen LogP) is 3.40. The van der Waals surface area contributed by atoms with Gasteiger partial charge in [-0.3, -0.25) is 4.79 Å². The molecule has 0 atom stereocenters. The highest BCUT2D eigenvalue weighted by Crippen LogP contribution is 2.34. The minimum atomic E-state index is -0.443. The van der Waals surface area contributed by atoms with Crippen molar-refractivity contribution >= 4 is 5.78 Å². The van der Waals surface area contributed by atoms with E-state index in [0.717, 1.165) is 6.42 Å². The number of Topliss-reactive ketones (excluding diaryl/α,β-unsaturated/α-hetero) is 1. The molecule has 0 aliphatic heterocycles. The highest BCUT2D eigenvalue weighted by Gasteiger charge is 2.31. The zero-order chi connectivity index (χ0) is 11.9. The quantitative estimate of drug-likeness (QED) is 0.717. The molecule has 1 rings (SSSR count). The van der Waals surface area contributed by atoms with Gasteiger partial charge in [-0.2, -0.15) is 0 Å². The summed E-state index contributed by atoms with van der Waals surface area (Å²) in [6, 6.07) is 0. The Kier molecular flexibility index (Phi) is 2.81. The highest BCUT2D eigenvalue weighted by atomic mass is 16.3. The molecule has 2 nitrogen and oxygen atoms in total. The van der Waals surface area contributed by atoms with Gasteiger partial charge < -0.3 is 5.11 Å². The number of allylic oxidation sites excluding steroid dienone is 3. The fourth-order valence-corrected chi connectivity index (χ4v) is 1.58. The van der Waals surface area contributed by atoms with Crippen LogP contribution in [0.2, 0.25) is 0 Å². The number of aliphatic hydroxyl groups excluding tert-OH is 1. The molecule has 0 saturated carbocycles. The minimum Gasteiger partial charge on any atom is -0.508 e. The highest BCUT2D eigenvalue weighted by molar-refractivity contribution is 6.02. The van der Waals surface area contributed by atoms with Crippen LogP contribution in [0.1, 0.15) is 41.0 Å². The normalized spacial score (nSPS) is 20.6. The van der Waals surface area contributed by atoms with Gasteiger partial charge in [-0.15, -0.1) is 0 Å². The Balaban J connectivity index is 3.08. The average Bonchev–Trinajstić information content (AvgIpc) is 2.06. The van der Waals surface area contributed by atoms with E-state index in [2.05, 4.69) is 13.8 Å². The maximum atomic E-state index is 12.0. The molecule has 1 N–H and O–H groups in total. The van der Waals surface area contributed by atoms with Crippen LogP contribution in [0, 0.1) is 10.8 Å². The molecule has 15 heavy (non-hydrogen) atoms. The Bertz CT molecular complexity index is 338. The fourth-order valence-electron chi connectivity index (χ4n) is 1.58. The van der Waals surface area contributed by atoms with Gasteiger partial charge in [0.25, 0.3) is 0 Å². The molecule has 0 spiro atoms. The van der Waals surface area contributed by atoms with Crippen LogP contribution in [0.5, 0.6) is 0 Å². The van der Waals surface area contributed by atoms with Crippen molar-refractivity contribution in [1.29, 1.82) is 0 Å². The Morgan fingerprint density at radius 1 is 1.40 bits per heavy atom. The first-order valence-electron chi connectivity index (χ1n) is 5.31. The van der Waals surface area contributed by atoms with Crippen molar-refractivity contribution < 1.29 is 9.90 Å². The second-order valence-electron chi connectivity index (χ2n) is 5.92. The lowest BCUT2D eigenvalue weighted by molar-refractivity contribution is -0.122. The minimum absolute atomic E-state index is 0.00373. The molecule has 1 aliphatic carbocycles. The van der Waals surface area contributed by atoms with Crippen LogP contribution in [-0.4, -0.2) is 10.9 Å². The van der Waals surface area contributed by atoms with Crippen molar-refractivity contribution in [2.75, 3.05) is 0 Å². The van der Waals surface area contributed by atoms with E-state index in [1.807, 2.05) is 26.8 Å². The van der Waals surface area contributed by atoms with Gasteiger partial charge in [-0.25, -0.2) is 0 Å². The van der Waals surface area contributed by atoms with E-state index in [1.54, 1.807) is 6.08 Å². The Hall–Kier alpha value is -1.05. The molecule has 0 unspecified atom stereocenters. The lowest BCUT2D eigenvalue weighted by atomic mass is 9.77. The van der Waals surface area contributed by atoms with E-state index >= 15 is 0 Å². The second kappa shape index (κ2) is 3.51. The molecule has 0 fully saturated rings. The molecule has 0 heterocycles. The summed E-state index contributed by atoms with van der Waals surface area (Å²) >= 11 is 0. The summed E-state index contributed by atoms with van der Waals surface area (Å²) < 4.78 is 0. The van der Waals surface area contributed by atoms with E-state index in [-0.39, 0.29) is 17.0 Å². The number of aliphatic hydroxyl groups is 1. The molecule has 0 aromatic heterocycles. The van der Waals surface area contributed by atoms with Crippen molar-refractivity contribution in [3.8, 4) is 0 Å². The molecule has 84 valence electrons. The van der Waals surface area contributed by atoms with Crippen LogP contribution in [-0.2, 0) is 4.79 Å². The molecule has 0 aromatic carbocycles. The fraction of sp³-hybridized carbons (Fsp3) is 0.615. The smallest absolute Gasteiger partial charge is 0.171 e. The number of carbonyl (C=O) groups is 1. The second-order valence-corrected chi connectivity index (χ2v) is 5.92. The van der Waals surface area contributed by atoms with Gasteiger partial charge in [0.2, 0.25) is 0 Å². The monoisotopic (exact) mass is 208 g/mol.